The zero-order valence-electron chi connectivity index (χ0n) is 14.1. The van der Waals surface area contributed by atoms with Gasteiger partial charge in [0.1, 0.15) is 5.37 Å². The van der Waals surface area contributed by atoms with Crippen LogP contribution in [0, 0.1) is 17.5 Å². The molecule has 0 saturated carbocycles. The van der Waals surface area contributed by atoms with Crippen molar-refractivity contribution in [1.82, 2.24) is 4.90 Å². The van der Waals surface area contributed by atoms with Crippen molar-refractivity contribution < 1.29 is 27.4 Å². The van der Waals surface area contributed by atoms with Crippen LogP contribution in [0.4, 0.5) is 13.2 Å². The molecule has 2 aromatic carbocycles. The van der Waals surface area contributed by atoms with Crippen molar-refractivity contribution >= 4 is 17.7 Å². The predicted octanol–water partition coefficient (Wildman–Crippen LogP) is 3.90. The lowest BCUT2D eigenvalue weighted by atomic mass is 10.1. The van der Waals surface area contributed by atoms with Gasteiger partial charge in [-0.3, -0.25) is 4.79 Å². The van der Waals surface area contributed by atoms with Crippen molar-refractivity contribution in [2.75, 3.05) is 20.0 Å². The Morgan fingerprint density at radius 3 is 2.58 bits per heavy atom. The maximum Gasteiger partial charge on any atom is 0.234 e. The van der Waals surface area contributed by atoms with Gasteiger partial charge in [0.05, 0.1) is 26.5 Å². The molecule has 0 spiro atoms. The van der Waals surface area contributed by atoms with Crippen LogP contribution in [0.3, 0.4) is 0 Å². The summed E-state index contributed by atoms with van der Waals surface area (Å²) in [6.45, 7) is 0.120. The third-order valence-corrected chi connectivity index (χ3v) is 5.36. The van der Waals surface area contributed by atoms with E-state index in [0.29, 0.717) is 17.1 Å². The lowest BCUT2D eigenvalue weighted by Crippen LogP contribution is -2.28. The maximum atomic E-state index is 14.2. The van der Waals surface area contributed by atoms with E-state index in [-0.39, 0.29) is 23.8 Å². The van der Waals surface area contributed by atoms with Crippen molar-refractivity contribution in [3.8, 4) is 11.5 Å². The number of carbonyl (C=O) groups is 1. The van der Waals surface area contributed by atoms with Crippen molar-refractivity contribution in [1.29, 1.82) is 0 Å². The number of amides is 1. The van der Waals surface area contributed by atoms with Gasteiger partial charge in [-0.2, -0.15) is 0 Å². The van der Waals surface area contributed by atoms with Gasteiger partial charge < -0.3 is 14.4 Å². The Balaban J connectivity index is 1.97. The number of carbonyl (C=O) groups excluding carboxylic acids is 1. The number of hydrogen-bond donors (Lipinski definition) is 0. The van der Waals surface area contributed by atoms with E-state index < -0.39 is 22.8 Å². The number of rotatable bonds is 5. The molecule has 1 aliphatic rings. The fraction of sp³-hybridized carbons (Fsp3) is 0.278. The van der Waals surface area contributed by atoms with Gasteiger partial charge in [0.25, 0.3) is 0 Å². The number of benzene rings is 2. The topological polar surface area (TPSA) is 38.8 Å². The predicted molar refractivity (Wildman–Crippen MR) is 91.6 cm³/mol. The molecule has 1 atom stereocenters. The molecule has 4 nitrogen and oxygen atoms in total. The highest BCUT2D eigenvalue weighted by molar-refractivity contribution is 8.00. The molecule has 1 fully saturated rings. The number of nitrogens with zero attached hydrogens (tertiary/aromatic N) is 1. The van der Waals surface area contributed by atoms with Gasteiger partial charge >= 0.3 is 0 Å². The van der Waals surface area contributed by atoms with Crippen LogP contribution in [0.2, 0.25) is 0 Å². The molecule has 0 aliphatic carbocycles. The van der Waals surface area contributed by atoms with E-state index in [9.17, 15) is 18.0 Å². The molecule has 1 unspecified atom stereocenters. The van der Waals surface area contributed by atoms with E-state index in [1.165, 1.54) is 25.2 Å². The smallest absolute Gasteiger partial charge is 0.234 e. The Hall–Kier alpha value is -2.35. The molecule has 1 saturated heterocycles. The Morgan fingerprint density at radius 2 is 1.88 bits per heavy atom. The van der Waals surface area contributed by atoms with Crippen LogP contribution in [0.1, 0.15) is 16.5 Å². The molecule has 1 amide bonds. The van der Waals surface area contributed by atoms with Crippen molar-refractivity contribution in [2.45, 2.75) is 11.9 Å². The molecule has 8 heteroatoms. The summed E-state index contributed by atoms with van der Waals surface area (Å²) in [5.74, 6) is -3.23. The average Bonchev–Trinajstić information content (AvgIpc) is 3.00. The van der Waals surface area contributed by atoms with Gasteiger partial charge in [-0.15, -0.1) is 11.8 Å². The number of hydrogen-bond acceptors (Lipinski definition) is 4. The molecule has 0 aromatic heterocycles. The van der Waals surface area contributed by atoms with E-state index in [2.05, 4.69) is 0 Å². The molecule has 3 rings (SSSR count). The Kier molecular flexibility index (Phi) is 5.31. The van der Waals surface area contributed by atoms with Gasteiger partial charge in [-0.1, -0.05) is 18.2 Å². The minimum absolute atomic E-state index is 0.0680. The van der Waals surface area contributed by atoms with Crippen molar-refractivity contribution in [2.24, 2.45) is 0 Å². The summed E-state index contributed by atoms with van der Waals surface area (Å²) in [7, 11) is 2.98. The van der Waals surface area contributed by atoms with E-state index in [1.807, 2.05) is 0 Å². The first-order valence-corrected chi connectivity index (χ1v) is 8.77. The SMILES string of the molecule is COc1cccc(CN2C(=O)CSC2c2ccc(F)c(F)c2F)c1OC. The molecular weight excluding hydrogens is 367 g/mol. The van der Waals surface area contributed by atoms with Crippen LogP contribution < -0.4 is 9.47 Å². The zero-order valence-corrected chi connectivity index (χ0v) is 14.9. The summed E-state index contributed by atoms with van der Waals surface area (Å²) in [6.07, 6.45) is 0. The Morgan fingerprint density at radius 1 is 1.12 bits per heavy atom. The first kappa shape index (κ1) is 18.4. The number of methoxy groups -OCH3 is 2. The first-order chi connectivity index (χ1) is 12.5. The van der Waals surface area contributed by atoms with E-state index >= 15 is 0 Å². The monoisotopic (exact) mass is 383 g/mol. The van der Waals surface area contributed by atoms with Crippen LogP contribution in [-0.4, -0.2) is 30.8 Å². The third-order valence-electron chi connectivity index (χ3n) is 4.12. The van der Waals surface area contributed by atoms with Crippen molar-refractivity contribution in [3.05, 3.63) is 58.9 Å². The normalized spacial score (nSPS) is 16.9. The van der Waals surface area contributed by atoms with E-state index in [0.717, 1.165) is 17.8 Å². The van der Waals surface area contributed by atoms with Crippen LogP contribution in [0.5, 0.6) is 11.5 Å². The van der Waals surface area contributed by atoms with Crippen LogP contribution in [0.25, 0.3) is 0 Å². The minimum atomic E-state index is -1.54. The van der Waals surface area contributed by atoms with Gasteiger partial charge in [-0.25, -0.2) is 13.2 Å². The standard InChI is InChI=1S/C18H16F3NO3S/c1-24-13-5-3-4-10(17(13)25-2)8-22-14(23)9-26-18(22)11-6-7-12(19)16(21)15(11)20/h3-7,18H,8-9H2,1-2H3. The first-order valence-electron chi connectivity index (χ1n) is 7.72. The highest BCUT2D eigenvalue weighted by Crippen LogP contribution is 2.42. The zero-order chi connectivity index (χ0) is 18.8. The molecule has 138 valence electrons. The number of para-hydroxylation sites is 1. The molecular formula is C18H16F3NO3S. The summed E-state index contributed by atoms with van der Waals surface area (Å²) in [6, 6.07) is 7.25. The average molecular weight is 383 g/mol. The maximum absolute atomic E-state index is 14.2. The van der Waals surface area contributed by atoms with Gasteiger partial charge in [0.15, 0.2) is 29.0 Å². The number of thioether (sulfide) groups is 1. The Labute approximate surface area is 152 Å². The summed E-state index contributed by atoms with van der Waals surface area (Å²) < 4.78 is 51.6. The van der Waals surface area contributed by atoms with Crippen LogP contribution in [0.15, 0.2) is 30.3 Å². The van der Waals surface area contributed by atoms with E-state index in [4.69, 9.17) is 9.47 Å². The molecule has 0 N–H and O–H groups in total. The fourth-order valence-electron chi connectivity index (χ4n) is 2.88. The molecule has 26 heavy (non-hydrogen) atoms. The molecule has 0 radical (unpaired) electrons. The third kappa shape index (κ3) is 3.21. The second kappa shape index (κ2) is 7.49. The highest BCUT2D eigenvalue weighted by Gasteiger charge is 2.36. The summed E-state index contributed by atoms with van der Waals surface area (Å²) in [5, 5.41) is -0.756. The summed E-state index contributed by atoms with van der Waals surface area (Å²) >= 11 is 1.16. The lowest BCUT2D eigenvalue weighted by molar-refractivity contribution is -0.128. The van der Waals surface area contributed by atoms with Gasteiger partial charge in [0.2, 0.25) is 5.91 Å². The fourth-order valence-corrected chi connectivity index (χ4v) is 4.08. The summed E-state index contributed by atoms with van der Waals surface area (Å²) in [5.41, 5.74) is 0.595. The van der Waals surface area contributed by atoms with E-state index in [1.54, 1.807) is 18.2 Å². The molecule has 1 heterocycles. The number of halogens is 3. The Bertz CT molecular complexity index is 847. The second-order valence-corrected chi connectivity index (χ2v) is 6.67. The lowest BCUT2D eigenvalue weighted by Gasteiger charge is -2.26. The van der Waals surface area contributed by atoms with Crippen LogP contribution >= 0.6 is 11.8 Å². The van der Waals surface area contributed by atoms with Gasteiger partial charge in [-0.05, 0) is 12.1 Å². The highest BCUT2D eigenvalue weighted by atomic mass is 32.2. The second-order valence-electron chi connectivity index (χ2n) is 5.60. The molecule has 2 aromatic rings. The van der Waals surface area contributed by atoms with Crippen molar-refractivity contribution in [3.63, 3.8) is 0 Å². The van der Waals surface area contributed by atoms with Gasteiger partial charge in [0, 0.05) is 11.1 Å². The summed E-state index contributed by atoms with van der Waals surface area (Å²) in [4.78, 5) is 13.7. The molecule has 1 aliphatic heterocycles. The minimum Gasteiger partial charge on any atom is -0.493 e. The number of ether oxygens (including phenoxy) is 2. The quantitative estimate of drug-likeness (QED) is 0.735. The van der Waals surface area contributed by atoms with Crippen LogP contribution in [-0.2, 0) is 11.3 Å². The molecule has 0 bridgehead atoms. The largest absolute Gasteiger partial charge is 0.493 e.